The van der Waals surface area contributed by atoms with Gasteiger partial charge >= 0.3 is 0 Å². The molecule has 0 spiro atoms. The van der Waals surface area contributed by atoms with Gasteiger partial charge in [0.2, 0.25) is 0 Å². The molecule has 0 aromatic rings. The van der Waals surface area contributed by atoms with Crippen molar-refractivity contribution >= 4 is 27.4 Å². The monoisotopic (exact) mass is 1080 g/mol. The molecule has 6 aliphatic rings. The van der Waals surface area contributed by atoms with Gasteiger partial charge in [-0.25, -0.2) is 0 Å². The van der Waals surface area contributed by atoms with Crippen molar-refractivity contribution in [1.29, 1.82) is 0 Å². The first kappa shape index (κ1) is 60.8. The van der Waals surface area contributed by atoms with E-state index < -0.39 is 15.8 Å². The Kier molecular flexibility index (Phi) is 35.4. The average molecular weight is 1080 g/mol. The maximum absolute atomic E-state index is 10.7. The molecule has 6 rings (SSSR count). The summed E-state index contributed by atoms with van der Waals surface area (Å²) in [6.07, 6.45) is 22.3. The molecule has 0 aromatic carbocycles. The Labute approximate surface area is 418 Å². The van der Waals surface area contributed by atoms with Crippen LogP contribution in [0.3, 0.4) is 0 Å². The summed E-state index contributed by atoms with van der Waals surface area (Å²) in [6.45, 7) is 17.6. The fourth-order valence-electron chi connectivity index (χ4n) is 8.03. The number of carbonyl (C=O) groups excluding carboxylic acids is 2. The van der Waals surface area contributed by atoms with E-state index in [-0.39, 0.29) is 69.4 Å². The van der Waals surface area contributed by atoms with Crippen LogP contribution in [0, 0.1) is 0 Å². The van der Waals surface area contributed by atoms with Crippen molar-refractivity contribution < 1.29 is 86.5 Å². The van der Waals surface area contributed by atoms with Crippen LogP contribution < -0.4 is 0 Å². The molecule has 0 amide bonds. The van der Waals surface area contributed by atoms with Gasteiger partial charge in [-0.2, -0.15) is 11.4 Å². The Morgan fingerprint density at radius 1 is 0.373 bits per heavy atom. The number of ketones is 2. The van der Waals surface area contributed by atoms with Crippen LogP contribution in [0.5, 0.6) is 0 Å². The first-order chi connectivity index (χ1) is 32.2. The van der Waals surface area contributed by atoms with Crippen molar-refractivity contribution in [3.8, 4) is 0 Å². The van der Waals surface area contributed by atoms with Gasteiger partial charge in [-0.05, 0) is 64.5 Å². The van der Waals surface area contributed by atoms with Crippen LogP contribution in [-0.4, -0.2) is 179 Å². The first-order valence-corrected chi connectivity index (χ1v) is 29.2. The molecular weight excluding hydrogens is 989 g/mol. The molecule has 6 heterocycles. The van der Waals surface area contributed by atoms with Gasteiger partial charge in [-0.3, -0.25) is 9.59 Å². The molecule has 0 bridgehead atoms. The summed E-state index contributed by atoms with van der Waals surface area (Å²) in [7, 11) is -1.04. The second-order valence-corrected chi connectivity index (χ2v) is 23.4. The van der Waals surface area contributed by atoms with Crippen molar-refractivity contribution in [2.24, 2.45) is 0 Å². The van der Waals surface area contributed by atoms with Gasteiger partial charge in [-0.15, -0.1) is 13.1 Å². The van der Waals surface area contributed by atoms with Crippen molar-refractivity contribution in [2.45, 2.75) is 142 Å². The zero-order valence-corrected chi connectivity index (χ0v) is 45.1. The molecule has 19 heteroatoms. The molecule has 0 atom stereocenters. The van der Waals surface area contributed by atoms with Crippen LogP contribution >= 0.6 is 15.8 Å². The summed E-state index contributed by atoms with van der Waals surface area (Å²) in [5, 5.41) is 8.30. The number of nitrogens with zero attached hydrogens (tertiary/aromatic N) is 2. The van der Waals surface area contributed by atoms with Crippen LogP contribution in [0.4, 0.5) is 0 Å². The molecule has 0 aromatic heterocycles. The van der Waals surface area contributed by atoms with Crippen molar-refractivity contribution in [2.75, 3.05) is 129 Å². The molecule has 16 nitrogen and oxygen atoms in total. The number of rotatable bonds is 25. The minimum atomic E-state index is -0.521. The van der Waals surface area contributed by atoms with Crippen LogP contribution in [0.25, 0.3) is 10.6 Å². The minimum absolute atomic E-state index is 0. The van der Waals surface area contributed by atoms with Crippen LogP contribution in [-0.2, 0) is 86.5 Å². The SMILES string of the molecule is C1COC(CC[PH+](CCC2OCCCO2)CCC2OCCCO2)OC1.C1COC(CC[PH+](CCC2OCCCO2)CCC2OCCCO2)OC1.CC(=O)/C=C(/C)[N-]CC[N-]/C(C)=C\C(C)=O.[99Tc]. The quantitative estimate of drug-likeness (QED) is 0.0489. The Morgan fingerprint density at radius 2 is 0.552 bits per heavy atom. The van der Waals surface area contributed by atoms with E-state index in [1.165, 1.54) is 63.0 Å². The van der Waals surface area contributed by atoms with E-state index in [0.717, 1.165) is 156 Å². The van der Waals surface area contributed by atoms with Crippen LogP contribution in [0.2, 0.25) is 0 Å². The number of carbonyl (C=O) groups is 2. The second-order valence-electron chi connectivity index (χ2n) is 17.4. The minimum Gasteiger partial charge on any atom is -0.689 e. The molecule has 6 saturated heterocycles. The Morgan fingerprint density at radius 3 is 0.716 bits per heavy atom. The molecular formula is C48H86N2O14P2Tc. The number of hydrogen-bond donors (Lipinski definition) is 0. The predicted octanol–water partition coefficient (Wildman–Crippen LogP) is 8.04. The van der Waals surface area contributed by atoms with Crippen molar-refractivity contribution in [1.82, 2.24) is 0 Å². The summed E-state index contributed by atoms with van der Waals surface area (Å²) >= 11 is 0. The van der Waals surface area contributed by atoms with E-state index in [2.05, 4.69) is 10.6 Å². The smallest absolute Gasteiger partial charge is 0.161 e. The molecule has 0 aliphatic carbocycles. The number of ether oxygens (including phenoxy) is 12. The number of allylic oxidation sites excluding steroid dienone is 4. The standard InChI is InChI=1S/2C18H33O6P.C12H20N2O2.Tc/c2*1-7-19-16(20-8-1)4-13-25(14-5-17-21-9-2-10-22-17)15-6-18-23-11-3-12-24-18;1-9(7-11(3)15)13-5-6-14-10(2)8-12(4)16;/h2*16-18H,1-15H2;7-8H,5-6H2,1-4H3,(H2,13,14,15,16);/i;;;1+1. The van der Waals surface area contributed by atoms with E-state index in [1.807, 2.05) is 0 Å². The summed E-state index contributed by atoms with van der Waals surface area (Å²) in [6, 6.07) is 0. The molecule has 6 aliphatic heterocycles. The van der Waals surface area contributed by atoms with Crippen molar-refractivity contribution in [3.05, 3.63) is 34.2 Å². The molecule has 67 heavy (non-hydrogen) atoms. The van der Waals surface area contributed by atoms with Crippen LogP contribution in [0.15, 0.2) is 23.5 Å². The largest absolute Gasteiger partial charge is 0.689 e. The van der Waals surface area contributed by atoms with E-state index in [4.69, 9.17) is 56.8 Å². The maximum atomic E-state index is 10.7. The molecule has 0 unspecified atom stereocenters. The van der Waals surface area contributed by atoms with Gasteiger partial charge in [0.25, 0.3) is 0 Å². The normalized spacial score (nSPS) is 21.5. The van der Waals surface area contributed by atoms with Gasteiger partial charge in [-0.1, -0.05) is 13.8 Å². The second kappa shape index (κ2) is 39.0. The topological polar surface area (TPSA) is 173 Å². The predicted molar refractivity (Wildman–Crippen MR) is 261 cm³/mol. The summed E-state index contributed by atoms with van der Waals surface area (Å²) in [5.74, 6) is -0.0170. The summed E-state index contributed by atoms with van der Waals surface area (Å²) in [4.78, 5) is 21.4. The van der Waals surface area contributed by atoms with Crippen LogP contribution in [0.1, 0.15) is 105 Å². The fourth-order valence-corrected chi connectivity index (χ4v) is 13.4. The summed E-state index contributed by atoms with van der Waals surface area (Å²) < 4.78 is 68.6. The van der Waals surface area contributed by atoms with E-state index in [1.54, 1.807) is 13.8 Å². The molecule has 1 radical (unpaired) electrons. The average Bonchev–Trinajstić information content (AvgIpc) is 3.34. The third-order valence-electron chi connectivity index (χ3n) is 11.4. The van der Waals surface area contributed by atoms with Gasteiger partial charge in [0.05, 0.1) is 116 Å². The fraction of sp³-hybridized carbons (Fsp3) is 0.875. The van der Waals surface area contributed by atoms with Gasteiger partial charge in [0, 0.05) is 74.5 Å². The van der Waals surface area contributed by atoms with E-state index >= 15 is 0 Å². The Bertz CT molecular complexity index is 1120. The third-order valence-corrected chi connectivity index (χ3v) is 17.4. The molecule has 389 valence electrons. The third kappa shape index (κ3) is 30.8. The Hall–Kier alpha value is -0.551. The Balaban J connectivity index is 0.000000273. The van der Waals surface area contributed by atoms with Gasteiger partial charge < -0.3 is 67.5 Å². The molecule has 6 fully saturated rings. The maximum Gasteiger partial charge on any atom is 0.161 e. The number of hydrogen-bond acceptors (Lipinski definition) is 14. The van der Waals surface area contributed by atoms with E-state index in [9.17, 15) is 9.59 Å². The van der Waals surface area contributed by atoms with Gasteiger partial charge in [0.15, 0.2) is 49.3 Å². The van der Waals surface area contributed by atoms with Crippen molar-refractivity contribution in [3.63, 3.8) is 0 Å². The van der Waals surface area contributed by atoms with Gasteiger partial charge in [0.1, 0.15) is 0 Å². The summed E-state index contributed by atoms with van der Waals surface area (Å²) in [5.41, 5.74) is 1.41. The molecule has 0 N–H and O–H groups in total. The first-order valence-electron chi connectivity index (χ1n) is 25.0. The zero-order valence-electron chi connectivity index (χ0n) is 41.2. The van der Waals surface area contributed by atoms with E-state index in [0.29, 0.717) is 24.5 Å². The zero-order chi connectivity index (χ0) is 46.9. The molecule has 0 saturated carbocycles.